The predicted octanol–water partition coefficient (Wildman–Crippen LogP) is 0.394. The lowest BCUT2D eigenvalue weighted by Crippen LogP contribution is -2.56. The topological polar surface area (TPSA) is 118 Å². The minimum absolute atomic E-state index is 0.0316. The lowest BCUT2D eigenvalue weighted by atomic mass is 9.98. The van der Waals surface area contributed by atoms with Gasteiger partial charge in [0.25, 0.3) is 5.91 Å². The molecule has 2 amide bonds. The van der Waals surface area contributed by atoms with Gasteiger partial charge in [0.1, 0.15) is 6.04 Å². The summed E-state index contributed by atoms with van der Waals surface area (Å²) in [6.45, 7) is 3.08. The summed E-state index contributed by atoms with van der Waals surface area (Å²) >= 11 is 0. The molecule has 2 atom stereocenters. The second-order valence-electron chi connectivity index (χ2n) is 5.23. The molecule has 0 aromatic carbocycles. The van der Waals surface area contributed by atoms with E-state index in [9.17, 15) is 14.4 Å². The zero-order valence-corrected chi connectivity index (χ0v) is 12.7. The highest BCUT2D eigenvalue weighted by Crippen LogP contribution is 2.11. The first-order valence-corrected chi connectivity index (χ1v) is 6.64. The van der Waals surface area contributed by atoms with E-state index < -0.39 is 29.4 Å². The number of hydrogen-bond donors (Lipinski definition) is 3. The molecule has 0 fully saturated rings. The van der Waals surface area contributed by atoms with Crippen molar-refractivity contribution in [2.75, 3.05) is 13.7 Å². The molecule has 122 valence electrons. The molecule has 0 saturated heterocycles. The molecule has 0 aliphatic rings. The Hall–Kier alpha value is -2.35. The second-order valence-corrected chi connectivity index (χ2v) is 5.23. The van der Waals surface area contributed by atoms with Gasteiger partial charge in [0, 0.05) is 7.11 Å². The van der Waals surface area contributed by atoms with Crippen LogP contribution in [0.15, 0.2) is 22.8 Å². The summed E-state index contributed by atoms with van der Waals surface area (Å²) in [5, 5.41) is 14.0. The summed E-state index contributed by atoms with van der Waals surface area (Å²) in [6, 6.07) is 2.17. The van der Waals surface area contributed by atoms with Crippen LogP contribution in [0, 0.1) is 0 Å². The van der Waals surface area contributed by atoms with Crippen molar-refractivity contribution in [1.29, 1.82) is 0 Å². The van der Waals surface area contributed by atoms with Gasteiger partial charge in [0.15, 0.2) is 5.76 Å². The van der Waals surface area contributed by atoms with Gasteiger partial charge in [0.05, 0.1) is 24.8 Å². The highest BCUT2D eigenvalue weighted by atomic mass is 16.5. The predicted molar refractivity (Wildman–Crippen MR) is 76.3 cm³/mol. The van der Waals surface area contributed by atoms with Crippen molar-refractivity contribution in [3.05, 3.63) is 24.2 Å². The first-order chi connectivity index (χ1) is 10.3. The Labute approximate surface area is 127 Å². The molecule has 3 N–H and O–H groups in total. The van der Waals surface area contributed by atoms with E-state index in [1.807, 2.05) is 0 Å². The van der Waals surface area contributed by atoms with Crippen molar-refractivity contribution in [2.45, 2.75) is 31.8 Å². The van der Waals surface area contributed by atoms with E-state index in [1.165, 1.54) is 26.4 Å². The Morgan fingerprint density at radius 1 is 1.45 bits per heavy atom. The van der Waals surface area contributed by atoms with Gasteiger partial charge >= 0.3 is 5.97 Å². The van der Waals surface area contributed by atoms with Crippen LogP contribution in [0.2, 0.25) is 0 Å². The van der Waals surface area contributed by atoms with E-state index >= 15 is 0 Å². The number of carboxylic acids is 1. The molecule has 0 aliphatic heterocycles. The number of hydrogen-bond acceptors (Lipinski definition) is 5. The lowest BCUT2D eigenvalue weighted by Gasteiger charge is -2.30. The number of aliphatic carboxylic acids is 1. The number of amides is 2. The summed E-state index contributed by atoms with van der Waals surface area (Å²) in [5.74, 6) is -2.02. The average molecular weight is 312 g/mol. The standard InChI is InChI=1S/C14H20N2O6/c1-9(15-13(20)10-5-4-6-22-10)12(19)16-14(2,8-21-3)7-11(17)18/h4-6,9H,7-8H2,1-3H3,(H,15,20)(H,16,19)(H,17,18). The third-order valence-corrected chi connectivity index (χ3v) is 2.92. The van der Waals surface area contributed by atoms with Crippen LogP contribution in [-0.2, 0) is 14.3 Å². The van der Waals surface area contributed by atoms with Gasteiger partial charge in [-0.15, -0.1) is 0 Å². The average Bonchev–Trinajstić information content (AvgIpc) is 2.91. The molecule has 8 nitrogen and oxygen atoms in total. The van der Waals surface area contributed by atoms with Crippen molar-refractivity contribution in [3.8, 4) is 0 Å². The second kappa shape index (κ2) is 7.60. The maximum Gasteiger partial charge on any atom is 0.305 e. The molecular formula is C14H20N2O6. The molecule has 0 spiro atoms. The number of carbonyl (C=O) groups excluding carboxylic acids is 2. The monoisotopic (exact) mass is 312 g/mol. The van der Waals surface area contributed by atoms with Crippen LogP contribution in [0.3, 0.4) is 0 Å². The van der Waals surface area contributed by atoms with E-state index in [0.29, 0.717) is 0 Å². The molecule has 1 aromatic heterocycles. The first-order valence-electron chi connectivity index (χ1n) is 6.64. The molecule has 0 radical (unpaired) electrons. The zero-order valence-electron chi connectivity index (χ0n) is 12.7. The van der Waals surface area contributed by atoms with E-state index in [1.54, 1.807) is 13.0 Å². The molecule has 0 aliphatic carbocycles. The van der Waals surface area contributed by atoms with Gasteiger partial charge in [-0.05, 0) is 26.0 Å². The highest BCUT2D eigenvalue weighted by Gasteiger charge is 2.31. The number of carboxylic acid groups (broad SMARTS) is 1. The Morgan fingerprint density at radius 2 is 2.14 bits per heavy atom. The minimum Gasteiger partial charge on any atom is -0.481 e. The number of rotatable bonds is 8. The van der Waals surface area contributed by atoms with Crippen LogP contribution >= 0.6 is 0 Å². The SMILES string of the molecule is COCC(C)(CC(=O)O)NC(=O)C(C)NC(=O)c1ccco1. The molecule has 0 saturated carbocycles. The number of ether oxygens (including phenoxy) is 1. The van der Waals surface area contributed by atoms with Crippen LogP contribution in [0.1, 0.15) is 30.8 Å². The van der Waals surface area contributed by atoms with Crippen molar-refractivity contribution >= 4 is 17.8 Å². The maximum atomic E-state index is 12.1. The van der Waals surface area contributed by atoms with Gasteiger partial charge in [-0.1, -0.05) is 0 Å². The number of methoxy groups -OCH3 is 1. The number of nitrogens with one attached hydrogen (secondary N) is 2. The highest BCUT2D eigenvalue weighted by molar-refractivity contribution is 5.95. The Morgan fingerprint density at radius 3 is 2.64 bits per heavy atom. The van der Waals surface area contributed by atoms with Gasteiger partial charge in [-0.25, -0.2) is 0 Å². The normalized spacial score (nSPS) is 14.7. The zero-order chi connectivity index (χ0) is 16.8. The molecule has 1 rings (SSSR count). The summed E-state index contributed by atoms with van der Waals surface area (Å²) < 4.78 is 9.87. The molecule has 1 aromatic rings. The largest absolute Gasteiger partial charge is 0.481 e. The third-order valence-electron chi connectivity index (χ3n) is 2.92. The van der Waals surface area contributed by atoms with Crippen LogP contribution in [0.25, 0.3) is 0 Å². The van der Waals surface area contributed by atoms with E-state index in [2.05, 4.69) is 10.6 Å². The number of furan rings is 1. The molecule has 0 bridgehead atoms. The van der Waals surface area contributed by atoms with Crippen LogP contribution in [0.4, 0.5) is 0 Å². The van der Waals surface area contributed by atoms with Gasteiger partial charge in [0.2, 0.25) is 5.91 Å². The maximum absolute atomic E-state index is 12.1. The first kappa shape index (κ1) is 17.7. The molecule has 2 unspecified atom stereocenters. The van der Waals surface area contributed by atoms with E-state index in [4.69, 9.17) is 14.3 Å². The fourth-order valence-electron chi connectivity index (χ4n) is 1.93. The van der Waals surface area contributed by atoms with Gasteiger partial charge < -0.3 is 24.9 Å². The smallest absolute Gasteiger partial charge is 0.305 e. The van der Waals surface area contributed by atoms with Crippen LogP contribution < -0.4 is 10.6 Å². The van der Waals surface area contributed by atoms with Crippen molar-refractivity contribution < 1.29 is 28.6 Å². The van der Waals surface area contributed by atoms with Crippen LogP contribution in [-0.4, -0.2) is 48.2 Å². The molecular weight excluding hydrogens is 292 g/mol. The summed E-state index contributed by atoms with van der Waals surface area (Å²) in [5.41, 5.74) is -1.07. The lowest BCUT2D eigenvalue weighted by molar-refractivity contribution is -0.139. The minimum atomic E-state index is -1.07. The molecule has 1 heterocycles. The number of carbonyl (C=O) groups is 3. The van der Waals surface area contributed by atoms with Crippen molar-refractivity contribution in [3.63, 3.8) is 0 Å². The fourth-order valence-corrected chi connectivity index (χ4v) is 1.93. The Bertz CT molecular complexity index is 527. The van der Waals surface area contributed by atoms with Crippen molar-refractivity contribution in [1.82, 2.24) is 10.6 Å². The Kier molecular flexibility index (Phi) is 6.11. The quantitative estimate of drug-likeness (QED) is 0.639. The van der Waals surface area contributed by atoms with Crippen LogP contribution in [0.5, 0.6) is 0 Å². The molecule has 22 heavy (non-hydrogen) atoms. The summed E-state index contributed by atoms with van der Waals surface area (Å²) in [7, 11) is 1.41. The van der Waals surface area contributed by atoms with Gasteiger partial charge in [-0.2, -0.15) is 0 Å². The van der Waals surface area contributed by atoms with E-state index in [0.717, 1.165) is 0 Å². The summed E-state index contributed by atoms with van der Waals surface area (Å²) in [6.07, 6.45) is 1.05. The van der Waals surface area contributed by atoms with Gasteiger partial charge in [-0.3, -0.25) is 14.4 Å². The Balaban J connectivity index is 2.64. The summed E-state index contributed by atoms with van der Waals surface area (Å²) in [4.78, 5) is 34.8. The third kappa shape index (κ3) is 5.21. The van der Waals surface area contributed by atoms with E-state index in [-0.39, 0.29) is 18.8 Å². The van der Waals surface area contributed by atoms with Crippen molar-refractivity contribution in [2.24, 2.45) is 0 Å². The molecule has 8 heteroatoms. The fraction of sp³-hybridized carbons (Fsp3) is 0.500.